The van der Waals surface area contributed by atoms with Gasteiger partial charge in [0.15, 0.2) is 5.69 Å². The maximum absolute atomic E-state index is 12.3. The van der Waals surface area contributed by atoms with Crippen molar-refractivity contribution in [1.29, 1.82) is 0 Å². The normalized spacial score (nSPS) is 19.5. The molecule has 1 N–H and O–H groups in total. The van der Waals surface area contributed by atoms with Crippen LogP contribution in [0.3, 0.4) is 0 Å². The van der Waals surface area contributed by atoms with Crippen molar-refractivity contribution >= 4 is 5.91 Å². The molecule has 0 bridgehead atoms. The number of rotatable bonds is 6. The van der Waals surface area contributed by atoms with E-state index in [0.717, 1.165) is 62.9 Å². The number of carbonyl (C=O) groups is 1. The van der Waals surface area contributed by atoms with Gasteiger partial charge in [-0.3, -0.25) is 14.5 Å². The monoisotopic (exact) mass is 385 g/mol. The van der Waals surface area contributed by atoms with E-state index in [4.69, 9.17) is 4.52 Å². The first-order chi connectivity index (χ1) is 13.6. The van der Waals surface area contributed by atoms with Crippen LogP contribution in [-0.2, 0) is 19.4 Å². The lowest BCUT2D eigenvalue weighted by molar-refractivity contribution is 0.0900. The summed E-state index contributed by atoms with van der Waals surface area (Å²) in [5.41, 5.74) is 2.49. The van der Waals surface area contributed by atoms with Crippen molar-refractivity contribution in [2.75, 3.05) is 19.6 Å². The molecule has 1 fully saturated rings. The van der Waals surface area contributed by atoms with Gasteiger partial charge >= 0.3 is 0 Å². The van der Waals surface area contributed by atoms with Gasteiger partial charge in [0.1, 0.15) is 5.76 Å². The average Bonchev–Trinajstić information content (AvgIpc) is 3.33. The molecule has 28 heavy (non-hydrogen) atoms. The molecule has 0 aromatic carbocycles. The van der Waals surface area contributed by atoms with E-state index in [-0.39, 0.29) is 17.5 Å². The highest BCUT2D eigenvalue weighted by atomic mass is 16.5. The number of nitrogens with one attached hydrogen (secondary N) is 1. The minimum Gasteiger partial charge on any atom is -0.361 e. The number of likely N-dealkylation sites (tertiary alicyclic amines) is 1. The lowest BCUT2D eigenvalue weighted by Gasteiger charge is -2.35. The summed E-state index contributed by atoms with van der Waals surface area (Å²) in [4.78, 5) is 26.9. The summed E-state index contributed by atoms with van der Waals surface area (Å²) in [5.74, 6) is 0.413. The Labute approximate surface area is 163 Å². The molecule has 2 aromatic heterocycles. The number of piperidine rings is 1. The molecule has 0 spiro atoms. The van der Waals surface area contributed by atoms with Gasteiger partial charge in [0.25, 0.3) is 11.5 Å². The van der Waals surface area contributed by atoms with Gasteiger partial charge in [-0.25, -0.2) is 4.68 Å². The minimum absolute atomic E-state index is 0.0103. The standard InChI is InChI=1S/C20H27N5O3/c1-14-11-18(23-28-14)20(27)21-13-16-6-2-3-8-24(16)9-10-25-19(26)12-15-5-4-7-17(15)22-25/h11-12,16H,2-10,13H2,1H3,(H,21,27). The molecular formula is C20H27N5O3. The Morgan fingerprint density at radius 3 is 2.96 bits per heavy atom. The SMILES string of the molecule is Cc1cc(C(=O)NCC2CCCCN2CCn2nc3c(cc2=O)CCC3)no1. The molecule has 2 aliphatic rings. The van der Waals surface area contributed by atoms with Crippen molar-refractivity contribution < 1.29 is 9.32 Å². The molecule has 3 heterocycles. The molecule has 150 valence electrons. The number of aryl methyl sites for hydroxylation is 3. The van der Waals surface area contributed by atoms with Crippen molar-refractivity contribution in [2.45, 2.75) is 58.0 Å². The smallest absolute Gasteiger partial charge is 0.273 e. The first-order valence-corrected chi connectivity index (χ1v) is 10.2. The molecule has 1 atom stereocenters. The second-order valence-electron chi connectivity index (χ2n) is 7.75. The van der Waals surface area contributed by atoms with Crippen LogP contribution in [0.15, 0.2) is 21.5 Å². The number of hydrogen-bond acceptors (Lipinski definition) is 6. The number of carbonyl (C=O) groups excluding carboxylic acids is 1. The van der Waals surface area contributed by atoms with Crippen LogP contribution in [0.4, 0.5) is 0 Å². The number of fused-ring (bicyclic) bond motifs is 1. The van der Waals surface area contributed by atoms with Gasteiger partial charge in [-0.05, 0) is 51.1 Å². The molecule has 1 saturated heterocycles. The Hall–Kier alpha value is -2.48. The van der Waals surface area contributed by atoms with Gasteiger partial charge in [0, 0.05) is 31.3 Å². The molecule has 0 radical (unpaired) electrons. The number of hydrogen-bond donors (Lipinski definition) is 1. The highest BCUT2D eigenvalue weighted by Gasteiger charge is 2.24. The van der Waals surface area contributed by atoms with Crippen LogP contribution < -0.4 is 10.9 Å². The van der Waals surface area contributed by atoms with E-state index in [1.54, 1.807) is 23.7 Å². The topological polar surface area (TPSA) is 93.3 Å². The lowest BCUT2D eigenvalue weighted by atomic mass is 10.0. The van der Waals surface area contributed by atoms with Crippen LogP contribution in [0.2, 0.25) is 0 Å². The molecule has 4 rings (SSSR count). The highest BCUT2D eigenvalue weighted by molar-refractivity contribution is 5.92. The zero-order valence-corrected chi connectivity index (χ0v) is 16.3. The summed E-state index contributed by atoms with van der Waals surface area (Å²) in [6, 6.07) is 3.65. The fourth-order valence-electron chi connectivity index (χ4n) is 4.18. The van der Waals surface area contributed by atoms with Crippen LogP contribution in [-0.4, -0.2) is 51.4 Å². The van der Waals surface area contributed by atoms with Crippen molar-refractivity contribution in [3.05, 3.63) is 45.2 Å². The second-order valence-corrected chi connectivity index (χ2v) is 7.75. The number of aromatic nitrogens is 3. The minimum atomic E-state index is -0.209. The molecule has 0 saturated carbocycles. The van der Waals surface area contributed by atoms with E-state index in [1.165, 1.54) is 0 Å². The van der Waals surface area contributed by atoms with Crippen molar-refractivity contribution in [3.8, 4) is 0 Å². The summed E-state index contributed by atoms with van der Waals surface area (Å²) in [6.45, 7) is 4.65. The van der Waals surface area contributed by atoms with Gasteiger partial charge in [0.2, 0.25) is 0 Å². The summed E-state index contributed by atoms with van der Waals surface area (Å²) in [7, 11) is 0. The van der Waals surface area contributed by atoms with E-state index >= 15 is 0 Å². The summed E-state index contributed by atoms with van der Waals surface area (Å²) in [6.07, 6.45) is 6.35. The molecule has 1 amide bonds. The Balaban J connectivity index is 1.35. The Morgan fingerprint density at radius 1 is 1.25 bits per heavy atom. The van der Waals surface area contributed by atoms with Gasteiger partial charge in [-0.1, -0.05) is 11.6 Å². The quantitative estimate of drug-likeness (QED) is 0.806. The van der Waals surface area contributed by atoms with Crippen LogP contribution in [0.1, 0.15) is 53.2 Å². The third-order valence-electron chi connectivity index (χ3n) is 5.73. The van der Waals surface area contributed by atoms with E-state index in [2.05, 4.69) is 20.5 Å². The van der Waals surface area contributed by atoms with Crippen molar-refractivity contribution in [1.82, 2.24) is 25.2 Å². The number of nitrogens with zero attached hydrogens (tertiary/aromatic N) is 4. The zero-order valence-electron chi connectivity index (χ0n) is 16.3. The fourth-order valence-corrected chi connectivity index (χ4v) is 4.18. The van der Waals surface area contributed by atoms with E-state index < -0.39 is 0 Å². The predicted octanol–water partition coefficient (Wildman–Crippen LogP) is 1.31. The first kappa shape index (κ1) is 18.9. The van der Waals surface area contributed by atoms with Crippen molar-refractivity contribution in [2.24, 2.45) is 0 Å². The van der Waals surface area contributed by atoms with Crippen molar-refractivity contribution in [3.63, 3.8) is 0 Å². The molecule has 2 aromatic rings. The van der Waals surface area contributed by atoms with Gasteiger partial charge in [0.05, 0.1) is 12.2 Å². The van der Waals surface area contributed by atoms with Crippen LogP contribution >= 0.6 is 0 Å². The van der Waals surface area contributed by atoms with E-state index in [0.29, 0.717) is 24.5 Å². The maximum atomic E-state index is 12.3. The Kier molecular flexibility index (Phi) is 5.57. The molecular weight excluding hydrogens is 358 g/mol. The third-order valence-corrected chi connectivity index (χ3v) is 5.73. The third kappa shape index (κ3) is 4.16. The maximum Gasteiger partial charge on any atom is 0.273 e. The van der Waals surface area contributed by atoms with Gasteiger partial charge < -0.3 is 9.84 Å². The Bertz CT molecular complexity index is 903. The summed E-state index contributed by atoms with van der Waals surface area (Å²) in [5, 5.41) is 11.3. The molecule has 1 aliphatic carbocycles. The second kappa shape index (κ2) is 8.26. The number of amides is 1. The molecule has 8 nitrogen and oxygen atoms in total. The Morgan fingerprint density at radius 2 is 2.14 bits per heavy atom. The van der Waals surface area contributed by atoms with Gasteiger partial charge in [-0.2, -0.15) is 5.10 Å². The van der Waals surface area contributed by atoms with Crippen LogP contribution in [0.25, 0.3) is 0 Å². The predicted molar refractivity (Wildman–Crippen MR) is 103 cm³/mol. The largest absolute Gasteiger partial charge is 0.361 e. The molecule has 1 aliphatic heterocycles. The highest BCUT2D eigenvalue weighted by Crippen LogP contribution is 2.18. The van der Waals surface area contributed by atoms with E-state index in [9.17, 15) is 9.59 Å². The van der Waals surface area contributed by atoms with Crippen LogP contribution in [0, 0.1) is 6.92 Å². The zero-order chi connectivity index (χ0) is 19.5. The first-order valence-electron chi connectivity index (χ1n) is 10.2. The lowest BCUT2D eigenvalue weighted by Crippen LogP contribution is -2.48. The summed E-state index contributed by atoms with van der Waals surface area (Å²) >= 11 is 0. The van der Waals surface area contributed by atoms with Gasteiger partial charge in [-0.15, -0.1) is 0 Å². The molecule has 1 unspecified atom stereocenters. The summed E-state index contributed by atoms with van der Waals surface area (Å²) < 4.78 is 6.57. The molecule has 8 heteroatoms. The fraction of sp³-hybridized carbons (Fsp3) is 0.600. The van der Waals surface area contributed by atoms with E-state index in [1.807, 2.05) is 0 Å². The average molecular weight is 385 g/mol. The van der Waals surface area contributed by atoms with Crippen LogP contribution in [0.5, 0.6) is 0 Å².